The third-order valence-corrected chi connectivity index (χ3v) is 4.26. The van der Waals surface area contributed by atoms with Crippen molar-refractivity contribution in [1.82, 2.24) is 0 Å². The Labute approximate surface area is 75.7 Å². The molecule has 0 radical (unpaired) electrons. The second-order valence-electron chi connectivity index (χ2n) is 5.40. The fourth-order valence-electron chi connectivity index (χ4n) is 3.32. The Hall–Kier alpha value is -0.0400. The molecule has 70 valence electrons. The molecule has 0 aromatic rings. The number of nitrogens with two attached hydrogens (primary N) is 1. The molecule has 0 aliphatic heterocycles. The van der Waals surface area contributed by atoms with Crippen LogP contribution >= 0.6 is 0 Å². The first-order valence-corrected chi connectivity index (χ1v) is 5.36. The van der Waals surface area contributed by atoms with Gasteiger partial charge in [-0.1, -0.05) is 19.8 Å². The van der Waals surface area contributed by atoms with Crippen molar-refractivity contribution in [3.63, 3.8) is 0 Å². The Morgan fingerprint density at radius 1 is 1.25 bits per heavy atom. The first-order chi connectivity index (χ1) is 5.60. The van der Waals surface area contributed by atoms with Crippen molar-refractivity contribution in [1.29, 1.82) is 0 Å². The fourth-order valence-corrected chi connectivity index (χ4v) is 3.32. The zero-order valence-corrected chi connectivity index (χ0v) is 8.34. The number of hydrogen-bond acceptors (Lipinski definition) is 1. The molecule has 1 heteroatoms. The van der Waals surface area contributed by atoms with Crippen LogP contribution in [-0.2, 0) is 0 Å². The van der Waals surface area contributed by atoms with Gasteiger partial charge in [-0.2, -0.15) is 0 Å². The lowest BCUT2D eigenvalue weighted by atomic mass is 9.67. The van der Waals surface area contributed by atoms with E-state index in [1.165, 1.54) is 32.1 Å². The number of hydrogen-bond donors (Lipinski definition) is 1. The van der Waals surface area contributed by atoms with E-state index in [0.717, 1.165) is 11.8 Å². The van der Waals surface area contributed by atoms with Crippen LogP contribution in [0, 0.1) is 17.3 Å². The van der Waals surface area contributed by atoms with Gasteiger partial charge in [0.25, 0.3) is 0 Å². The highest BCUT2D eigenvalue weighted by Gasteiger charge is 2.42. The summed E-state index contributed by atoms with van der Waals surface area (Å²) >= 11 is 0. The molecular formula is C11H21N. The third kappa shape index (κ3) is 1.28. The van der Waals surface area contributed by atoms with Crippen molar-refractivity contribution in [2.24, 2.45) is 23.0 Å². The molecule has 2 saturated carbocycles. The molecule has 3 atom stereocenters. The minimum absolute atomic E-state index is 0.390. The van der Waals surface area contributed by atoms with Crippen LogP contribution in [0.3, 0.4) is 0 Å². The maximum atomic E-state index is 6.05. The van der Waals surface area contributed by atoms with Gasteiger partial charge < -0.3 is 5.73 Å². The monoisotopic (exact) mass is 167 g/mol. The predicted octanol–water partition coefficient (Wildman–Crippen LogP) is 2.55. The van der Waals surface area contributed by atoms with Crippen LogP contribution in [0.4, 0.5) is 0 Å². The van der Waals surface area contributed by atoms with Gasteiger partial charge in [-0.3, -0.25) is 0 Å². The van der Waals surface area contributed by atoms with Crippen molar-refractivity contribution in [3.8, 4) is 0 Å². The van der Waals surface area contributed by atoms with Crippen molar-refractivity contribution in [2.75, 3.05) is 0 Å². The van der Waals surface area contributed by atoms with Crippen molar-refractivity contribution < 1.29 is 0 Å². The van der Waals surface area contributed by atoms with Crippen LogP contribution in [-0.4, -0.2) is 6.04 Å². The van der Waals surface area contributed by atoms with E-state index < -0.39 is 0 Å². The third-order valence-electron chi connectivity index (χ3n) is 4.26. The summed E-state index contributed by atoms with van der Waals surface area (Å²) < 4.78 is 0. The standard InChI is InChI=1S/C11H21N/c1-8(12)11(2)6-9-3-4-10(5-9)7-11/h8-10H,3-7,12H2,1-2H3. The Bertz CT molecular complexity index is 162. The maximum Gasteiger partial charge on any atom is 0.00645 e. The van der Waals surface area contributed by atoms with E-state index in [0.29, 0.717) is 11.5 Å². The van der Waals surface area contributed by atoms with E-state index in [4.69, 9.17) is 5.73 Å². The van der Waals surface area contributed by atoms with Gasteiger partial charge in [0.15, 0.2) is 0 Å². The van der Waals surface area contributed by atoms with Crippen LogP contribution in [0.2, 0.25) is 0 Å². The second kappa shape index (κ2) is 2.73. The summed E-state index contributed by atoms with van der Waals surface area (Å²) in [5.74, 6) is 2.03. The van der Waals surface area contributed by atoms with E-state index in [-0.39, 0.29) is 0 Å². The topological polar surface area (TPSA) is 26.0 Å². The Balaban J connectivity index is 2.10. The van der Waals surface area contributed by atoms with Gasteiger partial charge in [0, 0.05) is 6.04 Å². The smallest absolute Gasteiger partial charge is 0.00645 e. The summed E-state index contributed by atoms with van der Waals surface area (Å²) in [5.41, 5.74) is 6.52. The highest BCUT2D eigenvalue weighted by molar-refractivity contribution is 4.95. The second-order valence-corrected chi connectivity index (χ2v) is 5.40. The number of rotatable bonds is 1. The zero-order valence-electron chi connectivity index (χ0n) is 8.34. The van der Waals surface area contributed by atoms with E-state index in [1.54, 1.807) is 0 Å². The lowest BCUT2D eigenvalue weighted by Crippen LogP contribution is -2.41. The molecule has 0 amide bonds. The molecule has 0 heterocycles. The molecule has 2 fully saturated rings. The zero-order chi connectivity index (χ0) is 8.77. The Morgan fingerprint density at radius 3 is 2.17 bits per heavy atom. The van der Waals surface area contributed by atoms with Crippen molar-refractivity contribution in [3.05, 3.63) is 0 Å². The summed E-state index contributed by atoms with van der Waals surface area (Å²) in [5, 5.41) is 0. The molecule has 0 aromatic heterocycles. The molecule has 12 heavy (non-hydrogen) atoms. The van der Waals surface area contributed by atoms with Crippen molar-refractivity contribution in [2.45, 2.75) is 52.0 Å². The van der Waals surface area contributed by atoms with Crippen LogP contribution in [0.5, 0.6) is 0 Å². The molecule has 0 aromatic carbocycles. The molecule has 2 rings (SSSR count). The first kappa shape index (κ1) is 8.55. The lowest BCUT2D eigenvalue weighted by molar-refractivity contribution is 0.124. The van der Waals surface area contributed by atoms with Gasteiger partial charge in [-0.15, -0.1) is 0 Å². The minimum atomic E-state index is 0.390. The van der Waals surface area contributed by atoms with E-state index in [1.807, 2.05) is 0 Å². The van der Waals surface area contributed by atoms with Crippen LogP contribution < -0.4 is 5.73 Å². The van der Waals surface area contributed by atoms with E-state index >= 15 is 0 Å². The molecule has 0 spiro atoms. The normalized spacial score (nSPS) is 49.2. The molecule has 3 unspecified atom stereocenters. The van der Waals surface area contributed by atoms with Crippen LogP contribution in [0.25, 0.3) is 0 Å². The maximum absolute atomic E-state index is 6.05. The largest absolute Gasteiger partial charge is 0.327 e. The quantitative estimate of drug-likeness (QED) is 0.638. The average molecular weight is 167 g/mol. The summed E-state index contributed by atoms with van der Waals surface area (Å²) in [6.45, 7) is 4.58. The summed E-state index contributed by atoms with van der Waals surface area (Å²) in [6, 6.07) is 0.390. The molecule has 2 N–H and O–H groups in total. The summed E-state index contributed by atoms with van der Waals surface area (Å²) in [6.07, 6.45) is 7.24. The Morgan fingerprint density at radius 2 is 1.75 bits per heavy atom. The van der Waals surface area contributed by atoms with E-state index in [9.17, 15) is 0 Å². The number of fused-ring (bicyclic) bond motifs is 2. The lowest BCUT2D eigenvalue weighted by Gasteiger charge is -2.40. The predicted molar refractivity (Wildman–Crippen MR) is 51.8 cm³/mol. The molecule has 2 aliphatic carbocycles. The molecule has 0 saturated heterocycles. The van der Waals surface area contributed by atoms with Crippen LogP contribution in [0.15, 0.2) is 0 Å². The molecule has 2 bridgehead atoms. The average Bonchev–Trinajstić information content (AvgIpc) is 2.30. The van der Waals surface area contributed by atoms with E-state index in [2.05, 4.69) is 13.8 Å². The summed E-state index contributed by atoms with van der Waals surface area (Å²) in [4.78, 5) is 0. The molecule has 1 nitrogen and oxygen atoms in total. The van der Waals surface area contributed by atoms with Gasteiger partial charge in [0.05, 0.1) is 0 Å². The van der Waals surface area contributed by atoms with Gasteiger partial charge >= 0.3 is 0 Å². The van der Waals surface area contributed by atoms with Gasteiger partial charge in [-0.05, 0) is 43.4 Å². The Kier molecular flexibility index (Phi) is 1.95. The van der Waals surface area contributed by atoms with Gasteiger partial charge in [0.1, 0.15) is 0 Å². The highest BCUT2D eigenvalue weighted by atomic mass is 14.7. The summed E-state index contributed by atoms with van der Waals surface area (Å²) in [7, 11) is 0. The van der Waals surface area contributed by atoms with Gasteiger partial charge in [0.2, 0.25) is 0 Å². The van der Waals surface area contributed by atoms with Gasteiger partial charge in [-0.25, -0.2) is 0 Å². The first-order valence-electron chi connectivity index (χ1n) is 5.36. The highest BCUT2D eigenvalue weighted by Crippen LogP contribution is 2.51. The minimum Gasteiger partial charge on any atom is -0.327 e. The SMILES string of the molecule is CC(N)C1(C)CC2CCC(C2)C1. The molecular weight excluding hydrogens is 146 g/mol. The molecule has 2 aliphatic rings. The van der Waals surface area contributed by atoms with Crippen LogP contribution in [0.1, 0.15) is 46.0 Å². The fraction of sp³-hybridized carbons (Fsp3) is 1.00. The van der Waals surface area contributed by atoms with Crippen molar-refractivity contribution >= 4 is 0 Å².